The Morgan fingerprint density at radius 2 is 1.90 bits per heavy atom. The van der Waals surface area contributed by atoms with E-state index in [1.807, 2.05) is 0 Å². The van der Waals surface area contributed by atoms with Gasteiger partial charge in [0.1, 0.15) is 5.82 Å². The molecular weight excluding hydrogens is 285 g/mol. The average Bonchev–Trinajstić information content (AvgIpc) is 2.42. The zero-order valence-electron chi connectivity index (χ0n) is 11.0. The van der Waals surface area contributed by atoms with E-state index in [1.165, 1.54) is 29.8 Å². The number of nitrogens with one attached hydrogen (secondary N) is 1. The lowest BCUT2D eigenvalue weighted by Gasteiger charge is -2.11. The third kappa shape index (κ3) is 2.75. The Kier molecular flexibility index (Phi) is 3.94. The highest BCUT2D eigenvalue weighted by atomic mass is 35.5. The predicted octanol–water partition coefficient (Wildman–Crippen LogP) is 1.49. The summed E-state index contributed by atoms with van der Waals surface area (Å²) in [4.78, 5) is 23.3. The quantitative estimate of drug-likeness (QED) is 0.934. The van der Waals surface area contributed by atoms with Crippen molar-refractivity contribution in [1.82, 2.24) is 9.13 Å². The fourth-order valence-corrected chi connectivity index (χ4v) is 1.86. The molecule has 1 N–H and O–H groups in total. The largest absolute Gasteiger partial charge is 0.379 e. The predicted molar refractivity (Wildman–Crippen MR) is 75.7 cm³/mol. The van der Waals surface area contributed by atoms with Gasteiger partial charge in [0.25, 0.3) is 5.56 Å². The molecule has 5 nitrogen and oxygen atoms in total. The Hall–Kier alpha value is -2.08. The number of hydrogen-bond donors (Lipinski definition) is 1. The van der Waals surface area contributed by atoms with Crippen LogP contribution in [0, 0.1) is 5.82 Å². The molecule has 1 aromatic heterocycles. The van der Waals surface area contributed by atoms with Crippen LogP contribution in [0.4, 0.5) is 10.1 Å². The first-order chi connectivity index (χ1) is 9.40. The monoisotopic (exact) mass is 297 g/mol. The van der Waals surface area contributed by atoms with Gasteiger partial charge in [-0.3, -0.25) is 13.9 Å². The summed E-state index contributed by atoms with van der Waals surface area (Å²) in [6.45, 7) is 0.225. The third-order valence-electron chi connectivity index (χ3n) is 3.02. The van der Waals surface area contributed by atoms with Crippen LogP contribution in [-0.2, 0) is 20.6 Å². The van der Waals surface area contributed by atoms with Gasteiger partial charge >= 0.3 is 5.69 Å². The minimum Gasteiger partial charge on any atom is -0.379 e. The van der Waals surface area contributed by atoms with Crippen LogP contribution in [0.5, 0.6) is 0 Å². The molecular formula is C13H13ClFN3O2. The van der Waals surface area contributed by atoms with Crippen LogP contribution in [0.2, 0.25) is 5.02 Å². The molecule has 0 amide bonds. The van der Waals surface area contributed by atoms with E-state index in [-0.39, 0.29) is 17.1 Å². The highest BCUT2D eigenvalue weighted by molar-refractivity contribution is 6.30. The van der Waals surface area contributed by atoms with Crippen LogP contribution in [-0.4, -0.2) is 9.13 Å². The molecule has 0 spiro atoms. The van der Waals surface area contributed by atoms with E-state index in [4.69, 9.17) is 11.6 Å². The summed E-state index contributed by atoms with van der Waals surface area (Å²) in [5.41, 5.74) is 0.234. The van der Waals surface area contributed by atoms with Crippen molar-refractivity contribution < 1.29 is 4.39 Å². The summed E-state index contributed by atoms with van der Waals surface area (Å²) in [5, 5.41) is 2.98. The smallest absolute Gasteiger partial charge is 0.330 e. The van der Waals surface area contributed by atoms with Gasteiger partial charge in [-0.05, 0) is 18.2 Å². The third-order valence-corrected chi connectivity index (χ3v) is 3.33. The zero-order valence-corrected chi connectivity index (χ0v) is 11.7. The van der Waals surface area contributed by atoms with Crippen molar-refractivity contribution in [2.75, 3.05) is 5.32 Å². The molecule has 0 radical (unpaired) electrons. The second-order valence-electron chi connectivity index (χ2n) is 4.36. The van der Waals surface area contributed by atoms with Gasteiger partial charge < -0.3 is 5.32 Å². The van der Waals surface area contributed by atoms with Crippen LogP contribution >= 0.6 is 11.6 Å². The van der Waals surface area contributed by atoms with Gasteiger partial charge in [0.05, 0.1) is 11.6 Å². The molecule has 0 bridgehead atoms. The van der Waals surface area contributed by atoms with Gasteiger partial charge in [-0.2, -0.15) is 0 Å². The Labute approximate surface area is 119 Å². The Bertz CT molecular complexity index is 767. The standard InChI is InChI=1S/C13H13ClFN3O2/c1-17-9(6-12(19)18(2)13(17)20)7-16-8-3-4-10(14)11(15)5-8/h3-6,16H,7H2,1-2H3. The van der Waals surface area contributed by atoms with Crippen LogP contribution in [0.25, 0.3) is 0 Å². The maximum absolute atomic E-state index is 13.3. The van der Waals surface area contributed by atoms with E-state index < -0.39 is 11.5 Å². The van der Waals surface area contributed by atoms with Crippen molar-refractivity contribution in [2.24, 2.45) is 14.1 Å². The molecule has 2 aromatic rings. The number of aromatic nitrogens is 2. The first-order valence-electron chi connectivity index (χ1n) is 5.85. The molecule has 2 rings (SSSR count). The van der Waals surface area contributed by atoms with Crippen molar-refractivity contribution >= 4 is 17.3 Å². The SMILES string of the molecule is Cn1c(CNc2ccc(Cl)c(F)c2)cc(=O)n(C)c1=O. The fourth-order valence-electron chi connectivity index (χ4n) is 1.75. The molecule has 0 aliphatic carbocycles. The van der Waals surface area contributed by atoms with Crippen LogP contribution < -0.4 is 16.6 Å². The second kappa shape index (κ2) is 5.50. The van der Waals surface area contributed by atoms with E-state index in [0.29, 0.717) is 11.4 Å². The van der Waals surface area contributed by atoms with Crippen molar-refractivity contribution in [3.63, 3.8) is 0 Å². The van der Waals surface area contributed by atoms with Gasteiger partial charge in [-0.15, -0.1) is 0 Å². The minimum atomic E-state index is -0.533. The highest BCUT2D eigenvalue weighted by Crippen LogP contribution is 2.18. The molecule has 0 saturated heterocycles. The molecule has 1 heterocycles. The van der Waals surface area contributed by atoms with E-state index in [1.54, 1.807) is 13.1 Å². The Balaban J connectivity index is 2.25. The topological polar surface area (TPSA) is 56.0 Å². The molecule has 1 aromatic carbocycles. The molecule has 7 heteroatoms. The van der Waals surface area contributed by atoms with Gasteiger partial charge in [-0.1, -0.05) is 11.6 Å². The normalized spacial score (nSPS) is 10.6. The fraction of sp³-hybridized carbons (Fsp3) is 0.231. The molecule has 0 fully saturated rings. The van der Waals surface area contributed by atoms with Gasteiger partial charge in [0, 0.05) is 31.5 Å². The summed E-state index contributed by atoms with van der Waals surface area (Å²) in [7, 11) is 2.98. The number of nitrogens with zero attached hydrogens (tertiary/aromatic N) is 2. The number of rotatable bonds is 3. The van der Waals surface area contributed by atoms with Crippen molar-refractivity contribution in [1.29, 1.82) is 0 Å². The van der Waals surface area contributed by atoms with Crippen molar-refractivity contribution in [2.45, 2.75) is 6.54 Å². The van der Waals surface area contributed by atoms with Crippen LogP contribution in [0.3, 0.4) is 0 Å². The van der Waals surface area contributed by atoms with Crippen LogP contribution in [0.15, 0.2) is 33.9 Å². The van der Waals surface area contributed by atoms with E-state index in [0.717, 1.165) is 4.57 Å². The van der Waals surface area contributed by atoms with E-state index >= 15 is 0 Å². The molecule has 0 saturated carbocycles. The lowest BCUT2D eigenvalue weighted by atomic mass is 10.3. The lowest BCUT2D eigenvalue weighted by Crippen LogP contribution is -2.38. The van der Waals surface area contributed by atoms with Crippen LogP contribution in [0.1, 0.15) is 5.69 Å². The van der Waals surface area contributed by atoms with Crippen molar-refractivity contribution in [3.8, 4) is 0 Å². The lowest BCUT2D eigenvalue weighted by molar-refractivity contribution is 0.628. The number of benzene rings is 1. The van der Waals surface area contributed by atoms with Gasteiger partial charge in [-0.25, -0.2) is 9.18 Å². The second-order valence-corrected chi connectivity index (χ2v) is 4.76. The molecule has 0 aliphatic rings. The van der Waals surface area contributed by atoms with E-state index in [9.17, 15) is 14.0 Å². The van der Waals surface area contributed by atoms with Gasteiger partial charge in [0.2, 0.25) is 0 Å². The first-order valence-corrected chi connectivity index (χ1v) is 6.23. The summed E-state index contributed by atoms with van der Waals surface area (Å²) in [6, 6.07) is 5.66. The Morgan fingerprint density at radius 1 is 1.20 bits per heavy atom. The maximum Gasteiger partial charge on any atom is 0.330 e. The molecule has 0 aliphatic heterocycles. The number of halogens is 2. The first kappa shape index (κ1) is 14.3. The minimum absolute atomic E-state index is 0.0385. The molecule has 20 heavy (non-hydrogen) atoms. The Morgan fingerprint density at radius 3 is 2.55 bits per heavy atom. The maximum atomic E-state index is 13.3. The summed E-state index contributed by atoms with van der Waals surface area (Å²) < 4.78 is 15.7. The van der Waals surface area contributed by atoms with Gasteiger partial charge in [0.15, 0.2) is 0 Å². The van der Waals surface area contributed by atoms with Crippen molar-refractivity contribution in [3.05, 3.63) is 61.6 Å². The van der Waals surface area contributed by atoms with E-state index in [2.05, 4.69) is 5.32 Å². The summed E-state index contributed by atoms with van der Waals surface area (Å²) in [5.74, 6) is -0.533. The number of anilines is 1. The molecule has 0 atom stereocenters. The zero-order chi connectivity index (χ0) is 14.9. The summed E-state index contributed by atoms with van der Waals surface area (Å²) >= 11 is 5.59. The highest BCUT2D eigenvalue weighted by Gasteiger charge is 2.06. The number of hydrogen-bond acceptors (Lipinski definition) is 3. The summed E-state index contributed by atoms with van der Waals surface area (Å²) in [6.07, 6.45) is 0. The average molecular weight is 298 g/mol. The molecule has 106 valence electrons. The molecule has 0 unspecified atom stereocenters.